The van der Waals surface area contributed by atoms with Gasteiger partial charge in [0.1, 0.15) is 11.5 Å². The van der Waals surface area contributed by atoms with Gasteiger partial charge in [-0.2, -0.15) is 10.1 Å². The summed E-state index contributed by atoms with van der Waals surface area (Å²) in [5, 5.41) is 5.38. The number of amides is 1. The summed E-state index contributed by atoms with van der Waals surface area (Å²) in [5.74, 6) is -0.944. The van der Waals surface area contributed by atoms with Crippen molar-refractivity contribution in [2.75, 3.05) is 11.6 Å². The highest BCUT2D eigenvalue weighted by atomic mass is 19.1. The van der Waals surface area contributed by atoms with E-state index in [2.05, 4.69) is 5.10 Å². The van der Waals surface area contributed by atoms with Crippen LogP contribution in [0.25, 0.3) is 0 Å². The van der Waals surface area contributed by atoms with Crippen molar-refractivity contribution in [3.63, 3.8) is 0 Å². The molecule has 4 nitrogen and oxygen atoms in total. The summed E-state index contributed by atoms with van der Waals surface area (Å²) >= 11 is 0. The molecule has 1 heterocycles. The van der Waals surface area contributed by atoms with Crippen molar-refractivity contribution in [1.82, 2.24) is 0 Å². The average molecular weight is 249 g/mol. The van der Waals surface area contributed by atoms with E-state index in [1.807, 2.05) is 6.92 Å². The summed E-state index contributed by atoms with van der Waals surface area (Å²) in [5.41, 5.74) is 6.48. The summed E-state index contributed by atoms with van der Waals surface area (Å²) in [7, 11) is 0. The van der Waals surface area contributed by atoms with E-state index >= 15 is 0 Å². The minimum atomic E-state index is -0.446. The molecule has 0 fully saturated rings. The van der Waals surface area contributed by atoms with Gasteiger partial charge in [-0.05, 0) is 31.5 Å². The number of hydrogen-bond donors (Lipinski definition) is 1. The van der Waals surface area contributed by atoms with Crippen molar-refractivity contribution < 1.29 is 9.18 Å². The number of rotatable bonds is 4. The van der Waals surface area contributed by atoms with Crippen molar-refractivity contribution in [2.24, 2.45) is 16.8 Å². The Morgan fingerprint density at radius 1 is 1.44 bits per heavy atom. The highest BCUT2D eigenvalue weighted by Crippen LogP contribution is 2.28. The molecule has 2 rings (SSSR count). The van der Waals surface area contributed by atoms with Gasteiger partial charge in [0.15, 0.2) is 0 Å². The fourth-order valence-electron chi connectivity index (χ4n) is 2.11. The zero-order valence-corrected chi connectivity index (χ0v) is 10.3. The Kier molecular flexibility index (Phi) is 3.72. The van der Waals surface area contributed by atoms with E-state index in [0.717, 1.165) is 10.7 Å². The molecule has 1 aliphatic rings. The van der Waals surface area contributed by atoms with Crippen LogP contribution < -0.4 is 10.7 Å². The highest BCUT2D eigenvalue weighted by molar-refractivity contribution is 6.15. The van der Waals surface area contributed by atoms with Crippen molar-refractivity contribution in [3.8, 4) is 0 Å². The van der Waals surface area contributed by atoms with E-state index in [4.69, 9.17) is 5.73 Å². The first-order valence-corrected chi connectivity index (χ1v) is 6.05. The van der Waals surface area contributed by atoms with Crippen LogP contribution in [0.5, 0.6) is 0 Å². The number of para-hydroxylation sites is 1. The zero-order chi connectivity index (χ0) is 13.1. The molecule has 0 saturated carbocycles. The first-order valence-electron chi connectivity index (χ1n) is 6.05. The number of benzene rings is 1. The molecule has 1 aliphatic heterocycles. The maximum absolute atomic E-state index is 13.7. The number of carbonyl (C=O) groups is 1. The molecule has 2 N–H and O–H groups in total. The van der Waals surface area contributed by atoms with Gasteiger partial charge in [0.2, 0.25) is 0 Å². The molecule has 1 aromatic rings. The molecule has 0 aromatic heterocycles. The Balaban J connectivity index is 2.34. The SMILES string of the molecule is CCC1=NN(c2ccccc2F)C(=O)C1CCN. The lowest BCUT2D eigenvalue weighted by atomic mass is 9.98. The average Bonchev–Trinajstić information content (AvgIpc) is 2.68. The monoisotopic (exact) mass is 249 g/mol. The van der Waals surface area contributed by atoms with Crippen LogP contribution in [0.15, 0.2) is 29.4 Å². The van der Waals surface area contributed by atoms with E-state index in [1.54, 1.807) is 18.2 Å². The van der Waals surface area contributed by atoms with Crippen LogP contribution in [0.3, 0.4) is 0 Å². The summed E-state index contributed by atoms with van der Waals surface area (Å²) in [6, 6.07) is 6.14. The minimum Gasteiger partial charge on any atom is -0.330 e. The van der Waals surface area contributed by atoms with E-state index in [-0.39, 0.29) is 17.5 Å². The van der Waals surface area contributed by atoms with Gasteiger partial charge >= 0.3 is 0 Å². The molecular weight excluding hydrogens is 233 g/mol. The summed E-state index contributed by atoms with van der Waals surface area (Å²) in [4.78, 5) is 12.2. The molecule has 0 bridgehead atoms. The Morgan fingerprint density at radius 2 is 2.17 bits per heavy atom. The molecular formula is C13H16FN3O. The molecule has 1 unspecified atom stereocenters. The second kappa shape index (κ2) is 5.27. The third-order valence-corrected chi connectivity index (χ3v) is 3.04. The molecule has 0 radical (unpaired) electrons. The van der Waals surface area contributed by atoms with Gasteiger partial charge in [0, 0.05) is 0 Å². The van der Waals surface area contributed by atoms with Crippen LogP contribution in [-0.4, -0.2) is 18.2 Å². The fourth-order valence-corrected chi connectivity index (χ4v) is 2.11. The van der Waals surface area contributed by atoms with Crippen molar-refractivity contribution >= 4 is 17.3 Å². The fraction of sp³-hybridized carbons (Fsp3) is 0.385. The van der Waals surface area contributed by atoms with Crippen molar-refractivity contribution in [1.29, 1.82) is 0 Å². The third kappa shape index (κ3) is 2.13. The second-order valence-electron chi connectivity index (χ2n) is 4.18. The van der Waals surface area contributed by atoms with Crippen LogP contribution >= 0.6 is 0 Å². The normalized spacial score (nSPS) is 19.3. The minimum absolute atomic E-state index is 0.192. The van der Waals surface area contributed by atoms with E-state index in [0.29, 0.717) is 19.4 Å². The van der Waals surface area contributed by atoms with Gasteiger partial charge < -0.3 is 5.73 Å². The summed E-state index contributed by atoms with van der Waals surface area (Å²) in [6.45, 7) is 2.35. The Labute approximate surface area is 105 Å². The van der Waals surface area contributed by atoms with Gasteiger partial charge in [0.05, 0.1) is 11.6 Å². The number of hydrogen-bond acceptors (Lipinski definition) is 3. The first-order chi connectivity index (χ1) is 8.69. The number of anilines is 1. The summed E-state index contributed by atoms with van der Waals surface area (Å²) in [6.07, 6.45) is 1.22. The Bertz CT molecular complexity index is 487. The molecule has 0 aliphatic carbocycles. The van der Waals surface area contributed by atoms with Gasteiger partial charge in [-0.15, -0.1) is 0 Å². The Morgan fingerprint density at radius 3 is 2.78 bits per heavy atom. The van der Waals surface area contributed by atoms with Crippen LogP contribution in [-0.2, 0) is 4.79 Å². The zero-order valence-electron chi connectivity index (χ0n) is 10.3. The topological polar surface area (TPSA) is 58.7 Å². The number of hydrazone groups is 1. The number of halogens is 1. The molecule has 96 valence electrons. The Hall–Kier alpha value is -1.75. The molecule has 1 amide bonds. The van der Waals surface area contributed by atoms with Crippen LogP contribution in [0, 0.1) is 11.7 Å². The maximum Gasteiger partial charge on any atom is 0.256 e. The maximum atomic E-state index is 13.7. The first kappa shape index (κ1) is 12.7. The van der Waals surface area contributed by atoms with Gasteiger partial charge in [0.25, 0.3) is 5.91 Å². The van der Waals surface area contributed by atoms with Gasteiger partial charge in [-0.3, -0.25) is 4.79 Å². The van der Waals surface area contributed by atoms with Crippen LogP contribution in [0.1, 0.15) is 19.8 Å². The van der Waals surface area contributed by atoms with E-state index in [9.17, 15) is 9.18 Å². The lowest BCUT2D eigenvalue weighted by Crippen LogP contribution is -2.29. The smallest absolute Gasteiger partial charge is 0.256 e. The van der Waals surface area contributed by atoms with Crippen molar-refractivity contribution in [3.05, 3.63) is 30.1 Å². The molecule has 1 atom stereocenters. The second-order valence-corrected chi connectivity index (χ2v) is 4.18. The molecule has 1 aromatic carbocycles. The standard InChI is InChI=1S/C13H16FN3O/c1-2-11-9(7-8-15)13(18)17(16-11)12-6-4-3-5-10(12)14/h3-6,9H,2,7-8,15H2,1H3. The molecule has 0 saturated heterocycles. The lowest BCUT2D eigenvalue weighted by Gasteiger charge is -2.14. The lowest BCUT2D eigenvalue weighted by molar-refractivity contribution is -0.119. The third-order valence-electron chi connectivity index (χ3n) is 3.04. The largest absolute Gasteiger partial charge is 0.330 e. The van der Waals surface area contributed by atoms with Gasteiger partial charge in [-0.1, -0.05) is 19.1 Å². The van der Waals surface area contributed by atoms with Crippen LogP contribution in [0.2, 0.25) is 0 Å². The quantitative estimate of drug-likeness (QED) is 0.886. The van der Waals surface area contributed by atoms with Crippen molar-refractivity contribution in [2.45, 2.75) is 19.8 Å². The molecule has 5 heteroatoms. The van der Waals surface area contributed by atoms with E-state index < -0.39 is 5.82 Å². The number of nitrogens with zero attached hydrogens (tertiary/aromatic N) is 2. The number of nitrogens with two attached hydrogens (primary N) is 1. The van der Waals surface area contributed by atoms with E-state index in [1.165, 1.54) is 6.07 Å². The predicted molar refractivity (Wildman–Crippen MR) is 68.8 cm³/mol. The van der Waals surface area contributed by atoms with Crippen LogP contribution in [0.4, 0.5) is 10.1 Å². The molecule has 0 spiro atoms. The van der Waals surface area contributed by atoms with Gasteiger partial charge in [-0.25, -0.2) is 4.39 Å². The summed E-state index contributed by atoms with van der Waals surface area (Å²) < 4.78 is 13.7. The molecule has 18 heavy (non-hydrogen) atoms. The number of carbonyl (C=O) groups excluding carboxylic acids is 1. The highest BCUT2D eigenvalue weighted by Gasteiger charge is 2.35. The predicted octanol–water partition coefficient (Wildman–Crippen LogP) is 1.90.